The fraction of sp³-hybridized carbons (Fsp3) is 0.333. The number of para-hydroxylation sites is 1. The molecule has 2 heterocycles. The van der Waals surface area contributed by atoms with E-state index in [1.165, 1.54) is 16.9 Å². The monoisotopic (exact) mass is 334 g/mol. The van der Waals surface area contributed by atoms with Crippen LogP contribution in [-0.2, 0) is 16.4 Å². The van der Waals surface area contributed by atoms with Crippen LogP contribution in [0.4, 0.5) is 11.4 Å². The number of benzene rings is 1. The SMILES string of the molecule is CN(C)CCCn1ncc2c(c1=O)S(=O)(=O)c1ccccc1N2. The Morgan fingerprint density at radius 1 is 1.22 bits per heavy atom. The van der Waals surface area contributed by atoms with E-state index in [1.54, 1.807) is 18.2 Å². The fourth-order valence-electron chi connectivity index (χ4n) is 2.57. The standard InChI is InChI=1S/C15H18N4O3S/c1-18(2)8-5-9-19-15(20)14-12(10-16-19)17-11-6-3-4-7-13(11)23(14,21)22/h3-4,6-7,10,17H,5,8-9H2,1-2H3. The molecule has 122 valence electrons. The number of anilines is 2. The molecule has 1 aromatic heterocycles. The summed E-state index contributed by atoms with van der Waals surface area (Å²) in [4.78, 5) is 14.5. The topological polar surface area (TPSA) is 84.3 Å². The van der Waals surface area contributed by atoms with E-state index in [9.17, 15) is 13.2 Å². The molecule has 3 rings (SSSR count). The number of aromatic nitrogens is 2. The molecule has 0 saturated carbocycles. The number of sulfone groups is 1. The quantitative estimate of drug-likeness (QED) is 0.769. The van der Waals surface area contributed by atoms with Gasteiger partial charge in [0.15, 0.2) is 4.90 Å². The number of hydrogen-bond donors (Lipinski definition) is 1. The van der Waals surface area contributed by atoms with Crippen LogP contribution < -0.4 is 10.9 Å². The summed E-state index contributed by atoms with van der Waals surface area (Å²) in [6.07, 6.45) is 2.11. The number of nitrogens with zero attached hydrogens (tertiary/aromatic N) is 3. The van der Waals surface area contributed by atoms with Gasteiger partial charge in [0.1, 0.15) is 0 Å². The van der Waals surface area contributed by atoms with E-state index in [4.69, 9.17) is 0 Å². The Balaban J connectivity index is 2.04. The van der Waals surface area contributed by atoms with Gasteiger partial charge in [0, 0.05) is 6.54 Å². The molecule has 1 N–H and O–H groups in total. The van der Waals surface area contributed by atoms with E-state index >= 15 is 0 Å². The summed E-state index contributed by atoms with van der Waals surface area (Å²) in [5, 5.41) is 7.06. The lowest BCUT2D eigenvalue weighted by molar-refractivity contribution is 0.376. The minimum absolute atomic E-state index is 0.121. The van der Waals surface area contributed by atoms with Crippen molar-refractivity contribution < 1.29 is 8.42 Å². The third kappa shape index (κ3) is 2.75. The van der Waals surface area contributed by atoms with Crippen LogP contribution >= 0.6 is 0 Å². The highest BCUT2D eigenvalue weighted by atomic mass is 32.2. The second kappa shape index (κ2) is 5.78. The molecule has 0 bridgehead atoms. The van der Waals surface area contributed by atoms with Gasteiger partial charge in [0.2, 0.25) is 9.84 Å². The minimum atomic E-state index is -3.84. The maximum atomic E-state index is 12.8. The van der Waals surface area contributed by atoms with Crippen molar-refractivity contribution in [2.75, 3.05) is 26.0 Å². The molecule has 23 heavy (non-hydrogen) atoms. The molecule has 0 fully saturated rings. The zero-order valence-corrected chi connectivity index (χ0v) is 13.8. The van der Waals surface area contributed by atoms with Gasteiger partial charge in [0.25, 0.3) is 5.56 Å². The first-order valence-corrected chi connectivity index (χ1v) is 8.75. The number of rotatable bonds is 4. The second-order valence-electron chi connectivity index (χ2n) is 5.70. The van der Waals surface area contributed by atoms with Crippen molar-refractivity contribution in [1.29, 1.82) is 0 Å². The van der Waals surface area contributed by atoms with E-state index in [1.807, 2.05) is 19.0 Å². The minimum Gasteiger partial charge on any atom is -0.352 e. The predicted molar refractivity (Wildman–Crippen MR) is 86.8 cm³/mol. The van der Waals surface area contributed by atoms with Gasteiger partial charge in [-0.25, -0.2) is 13.1 Å². The first kappa shape index (κ1) is 15.7. The molecule has 7 nitrogen and oxygen atoms in total. The zero-order chi connectivity index (χ0) is 16.6. The van der Waals surface area contributed by atoms with E-state index < -0.39 is 15.4 Å². The molecule has 0 unspecified atom stereocenters. The molecule has 0 saturated heterocycles. The van der Waals surface area contributed by atoms with Gasteiger partial charge >= 0.3 is 0 Å². The highest BCUT2D eigenvalue weighted by Gasteiger charge is 2.33. The van der Waals surface area contributed by atoms with Gasteiger partial charge < -0.3 is 10.2 Å². The Labute approximate surface area is 134 Å². The highest BCUT2D eigenvalue weighted by Crippen LogP contribution is 2.36. The zero-order valence-electron chi connectivity index (χ0n) is 13.0. The van der Waals surface area contributed by atoms with Crippen molar-refractivity contribution in [3.05, 3.63) is 40.8 Å². The lowest BCUT2D eigenvalue weighted by atomic mass is 10.3. The molecular formula is C15H18N4O3S. The van der Waals surface area contributed by atoms with E-state index in [2.05, 4.69) is 10.4 Å². The Kier molecular flexibility index (Phi) is 3.95. The van der Waals surface area contributed by atoms with Crippen molar-refractivity contribution in [1.82, 2.24) is 14.7 Å². The highest BCUT2D eigenvalue weighted by molar-refractivity contribution is 7.92. The third-order valence-corrected chi connectivity index (χ3v) is 5.56. The van der Waals surface area contributed by atoms with Crippen LogP contribution in [-0.4, -0.2) is 43.7 Å². The van der Waals surface area contributed by atoms with Gasteiger partial charge in [-0.05, 0) is 39.2 Å². The van der Waals surface area contributed by atoms with Crippen molar-refractivity contribution in [3.63, 3.8) is 0 Å². The van der Waals surface area contributed by atoms with Crippen LogP contribution in [0, 0.1) is 0 Å². The van der Waals surface area contributed by atoms with Gasteiger partial charge in [-0.3, -0.25) is 4.79 Å². The second-order valence-corrected chi connectivity index (χ2v) is 7.55. The van der Waals surface area contributed by atoms with Crippen molar-refractivity contribution in [2.45, 2.75) is 22.8 Å². The summed E-state index contributed by atoms with van der Waals surface area (Å²) in [5.74, 6) is 0. The number of nitrogens with one attached hydrogen (secondary N) is 1. The first-order chi connectivity index (χ1) is 10.9. The number of hydrogen-bond acceptors (Lipinski definition) is 6. The molecule has 1 aliphatic heterocycles. The van der Waals surface area contributed by atoms with Crippen LogP contribution in [0.15, 0.2) is 45.0 Å². The number of fused-ring (bicyclic) bond motifs is 2. The maximum Gasteiger partial charge on any atom is 0.288 e. The summed E-state index contributed by atoms with van der Waals surface area (Å²) in [5.41, 5.74) is 0.118. The van der Waals surface area contributed by atoms with Gasteiger partial charge in [-0.15, -0.1) is 0 Å². The molecule has 0 radical (unpaired) electrons. The van der Waals surface area contributed by atoms with Crippen LogP contribution in [0.25, 0.3) is 0 Å². The number of aryl methyl sites for hydroxylation is 1. The summed E-state index contributed by atoms with van der Waals surface area (Å²) in [6.45, 7) is 1.17. The first-order valence-electron chi connectivity index (χ1n) is 7.27. The Bertz CT molecular complexity index is 903. The van der Waals surface area contributed by atoms with Crippen molar-refractivity contribution >= 4 is 21.2 Å². The molecule has 0 aliphatic carbocycles. The maximum absolute atomic E-state index is 12.8. The van der Waals surface area contributed by atoms with E-state index in [0.29, 0.717) is 18.7 Å². The summed E-state index contributed by atoms with van der Waals surface area (Å²) >= 11 is 0. The molecule has 1 aliphatic rings. The third-order valence-electron chi connectivity index (χ3n) is 3.69. The van der Waals surface area contributed by atoms with Crippen LogP contribution in [0.1, 0.15) is 6.42 Å². The lowest BCUT2D eigenvalue weighted by Crippen LogP contribution is -2.32. The van der Waals surface area contributed by atoms with Gasteiger partial charge in [-0.2, -0.15) is 5.10 Å². The van der Waals surface area contributed by atoms with Crippen molar-refractivity contribution in [3.8, 4) is 0 Å². The Morgan fingerprint density at radius 3 is 2.70 bits per heavy atom. The molecule has 0 spiro atoms. The Morgan fingerprint density at radius 2 is 1.96 bits per heavy atom. The van der Waals surface area contributed by atoms with Crippen LogP contribution in [0.3, 0.4) is 0 Å². The molecule has 1 aromatic carbocycles. The lowest BCUT2D eigenvalue weighted by Gasteiger charge is -2.21. The van der Waals surface area contributed by atoms with Crippen LogP contribution in [0.2, 0.25) is 0 Å². The Hall–Kier alpha value is -2.19. The average Bonchev–Trinajstić information content (AvgIpc) is 2.49. The predicted octanol–water partition coefficient (Wildman–Crippen LogP) is 1.08. The largest absolute Gasteiger partial charge is 0.352 e. The summed E-state index contributed by atoms with van der Waals surface area (Å²) in [6, 6.07) is 6.54. The van der Waals surface area contributed by atoms with E-state index in [-0.39, 0.29) is 15.5 Å². The fourth-order valence-corrected chi connectivity index (χ4v) is 4.19. The molecule has 0 atom stereocenters. The molecule has 0 amide bonds. The van der Waals surface area contributed by atoms with E-state index in [0.717, 1.165) is 6.54 Å². The summed E-state index contributed by atoms with van der Waals surface area (Å²) in [7, 11) is 0.0356. The van der Waals surface area contributed by atoms with Crippen LogP contribution in [0.5, 0.6) is 0 Å². The molecular weight excluding hydrogens is 316 g/mol. The van der Waals surface area contributed by atoms with Gasteiger partial charge in [-0.1, -0.05) is 12.1 Å². The summed E-state index contributed by atoms with van der Waals surface area (Å²) < 4.78 is 26.7. The smallest absolute Gasteiger partial charge is 0.288 e. The molecule has 8 heteroatoms. The average molecular weight is 334 g/mol. The molecule has 2 aromatic rings. The van der Waals surface area contributed by atoms with Gasteiger partial charge in [0.05, 0.1) is 22.5 Å². The van der Waals surface area contributed by atoms with Crippen molar-refractivity contribution in [2.24, 2.45) is 0 Å². The normalized spacial score (nSPS) is 14.9.